The number of nitrogens with one attached hydrogen (secondary N) is 1. The molecular formula is C17H18N2O4. The maximum absolute atomic E-state index is 11.6. The largest absolute Gasteiger partial charge is 0.504 e. The Hall–Kier alpha value is -3.02. The van der Waals surface area contributed by atoms with Crippen molar-refractivity contribution >= 4 is 12.1 Å². The topological polar surface area (TPSA) is 80.2 Å². The third-order valence-electron chi connectivity index (χ3n) is 2.97. The van der Waals surface area contributed by atoms with Crippen LogP contribution in [0.4, 0.5) is 0 Å². The molecule has 0 spiro atoms. The van der Waals surface area contributed by atoms with Gasteiger partial charge in [-0.3, -0.25) is 4.79 Å². The Kier molecular flexibility index (Phi) is 5.57. The molecule has 0 radical (unpaired) electrons. The van der Waals surface area contributed by atoms with Crippen LogP contribution in [0.1, 0.15) is 11.1 Å². The van der Waals surface area contributed by atoms with Gasteiger partial charge >= 0.3 is 0 Å². The van der Waals surface area contributed by atoms with E-state index in [4.69, 9.17) is 9.47 Å². The zero-order valence-corrected chi connectivity index (χ0v) is 12.9. The van der Waals surface area contributed by atoms with Crippen molar-refractivity contribution in [1.29, 1.82) is 0 Å². The smallest absolute Gasteiger partial charge is 0.277 e. The number of hydrazone groups is 1. The average Bonchev–Trinajstić information content (AvgIpc) is 2.53. The Morgan fingerprint density at radius 3 is 2.83 bits per heavy atom. The standard InChI is InChI=1S/C17H18N2O4/c1-12-4-3-5-14(8-12)23-11-17(21)19-18-10-13-6-7-16(22-2)15(20)9-13/h3-10,20H,11H2,1-2H3,(H,19,21). The fourth-order valence-corrected chi connectivity index (χ4v) is 1.85. The molecular weight excluding hydrogens is 296 g/mol. The summed E-state index contributed by atoms with van der Waals surface area (Å²) in [5.41, 5.74) is 4.04. The number of rotatable bonds is 6. The molecule has 1 amide bonds. The highest BCUT2D eigenvalue weighted by Crippen LogP contribution is 2.25. The Morgan fingerprint density at radius 2 is 2.13 bits per heavy atom. The fraction of sp³-hybridized carbons (Fsp3) is 0.176. The maximum Gasteiger partial charge on any atom is 0.277 e. The third-order valence-corrected chi connectivity index (χ3v) is 2.97. The van der Waals surface area contributed by atoms with Crippen LogP contribution in [0.5, 0.6) is 17.2 Å². The monoisotopic (exact) mass is 314 g/mol. The first-order valence-electron chi connectivity index (χ1n) is 6.97. The summed E-state index contributed by atoms with van der Waals surface area (Å²) < 4.78 is 10.3. The van der Waals surface area contributed by atoms with Gasteiger partial charge in [0.15, 0.2) is 18.1 Å². The maximum atomic E-state index is 11.6. The number of hydrogen-bond donors (Lipinski definition) is 2. The lowest BCUT2D eigenvalue weighted by Crippen LogP contribution is -2.24. The number of hydrogen-bond acceptors (Lipinski definition) is 5. The minimum absolute atomic E-state index is 0.00515. The number of nitrogens with zero attached hydrogens (tertiary/aromatic N) is 1. The van der Waals surface area contributed by atoms with E-state index in [-0.39, 0.29) is 18.3 Å². The normalized spacial score (nSPS) is 10.5. The molecule has 0 atom stereocenters. The van der Waals surface area contributed by atoms with E-state index < -0.39 is 0 Å². The first-order chi connectivity index (χ1) is 11.1. The van der Waals surface area contributed by atoms with Crippen molar-refractivity contribution in [1.82, 2.24) is 5.43 Å². The van der Waals surface area contributed by atoms with E-state index in [9.17, 15) is 9.90 Å². The molecule has 0 aliphatic carbocycles. The van der Waals surface area contributed by atoms with E-state index in [1.54, 1.807) is 18.2 Å². The van der Waals surface area contributed by atoms with Gasteiger partial charge in [0.2, 0.25) is 0 Å². The summed E-state index contributed by atoms with van der Waals surface area (Å²) in [6, 6.07) is 12.2. The van der Waals surface area contributed by atoms with Crippen LogP contribution >= 0.6 is 0 Å². The molecule has 2 rings (SSSR count). The van der Waals surface area contributed by atoms with E-state index >= 15 is 0 Å². The van der Waals surface area contributed by atoms with Crippen LogP contribution < -0.4 is 14.9 Å². The molecule has 6 nitrogen and oxygen atoms in total. The first kappa shape index (κ1) is 16.4. The minimum Gasteiger partial charge on any atom is -0.504 e. The third kappa shape index (κ3) is 5.03. The van der Waals surface area contributed by atoms with Crippen LogP contribution in [0.2, 0.25) is 0 Å². The number of aromatic hydroxyl groups is 1. The fourth-order valence-electron chi connectivity index (χ4n) is 1.85. The van der Waals surface area contributed by atoms with Gasteiger partial charge in [0.1, 0.15) is 5.75 Å². The molecule has 0 aromatic heterocycles. The molecule has 0 aliphatic heterocycles. The molecule has 6 heteroatoms. The van der Waals surface area contributed by atoms with Gasteiger partial charge in [-0.2, -0.15) is 5.10 Å². The van der Waals surface area contributed by atoms with Gasteiger partial charge in [-0.25, -0.2) is 5.43 Å². The average molecular weight is 314 g/mol. The number of carbonyl (C=O) groups is 1. The van der Waals surface area contributed by atoms with Crippen LogP contribution in [-0.2, 0) is 4.79 Å². The quantitative estimate of drug-likeness (QED) is 0.633. The van der Waals surface area contributed by atoms with Crippen molar-refractivity contribution in [2.75, 3.05) is 13.7 Å². The first-order valence-corrected chi connectivity index (χ1v) is 6.97. The summed E-state index contributed by atoms with van der Waals surface area (Å²) in [7, 11) is 1.47. The van der Waals surface area contributed by atoms with Crippen LogP contribution in [-0.4, -0.2) is 30.9 Å². The summed E-state index contributed by atoms with van der Waals surface area (Å²) in [6.07, 6.45) is 1.42. The molecule has 0 saturated carbocycles. The number of phenolic OH excluding ortho intramolecular Hbond substituents is 1. The molecule has 120 valence electrons. The zero-order valence-electron chi connectivity index (χ0n) is 12.9. The Morgan fingerprint density at radius 1 is 1.30 bits per heavy atom. The van der Waals surface area contributed by atoms with Gasteiger partial charge in [-0.15, -0.1) is 0 Å². The van der Waals surface area contributed by atoms with Gasteiger partial charge in [0, 0.05) is 0 Å². The lowest BCUT2D eigenvalue weighted by Gasteiger charge is -2.05. The molecule has 2 N–H and O–H groups in total. The van der Waals surface area contributed by atoms with E-state index in [0.717, 1.165) is 5.56 Å². The van der Waals surface area contributed by atoms with Gasteiger partial charge in [-0.05, 0) is 48.4 Å². The summed E-state index contributed by atoms with van der Waals surface area (Å²) in [5.74, 6) is 0.632. The second-order valence-corrected chi connectivity index (χ2v) is 4.83. The van der Waals surface area contributed by atoms with Crippen LogP contribution in [0.3, 0.4) is 0 Å². The lowest BCUT2D eigenvalue weighted by molar-refractivity contribution is -0.123. The highest BCUT2D eigenvalue weighted by Gasteiger charge is 2.03. The minimum atomic E-state index is -0.375. The van der Waals surface area contributed by atoms with Crippen LogP contribution in [0, 0.1) is 6.92 Å². The molecule has 0 aliphatic rings. The van der Waals surface area contributed by atoms with Crippen molar-refractivity contribution in [3.8, 4) is 17.2 Å². The summed E-state index contributed by atoms with van der Waals surface area (Å²) in [6.45, 7) is 1.82. The molecule has 0 heterocycles. The molecule has 0 fully saturated rings. The number of carbonyl (C=O) groups excluding carboxylic acids is 1. The van der Waals surface area contributed by atoms with Crippen molar-refractivity contribution in [3.05, 3.63) is 53.6 Å². The van der Waals surface area contributed by atoms with Crippen LogP contribution in [0.15, 0.2) is 47.6 Å². The van der Waals surface area contributed by atoms with Crippen LogP contribution in [0.25, 0.3) is 0 Å². The van der Waals surface area contributed by atoms with Crippen molar-refractivity contribution in [2.45, 2.75) is 6.92 Å². The second kappa shape index (κ2) is 7.84. The van der Waals surface area contributed by atoms with Crippen molar-refractivity contribution < 1.29 is 19.4 Å². The number of ether oxygens (including phenoxy) is 2. The number of benzene rings is 2. The van der Waals surface area contributed by atoms with E-state index in [1.807, 2.05) is 25.1 Å². The van der Waals surface area contributed by atoms with Gasteiger partial charge in [-0.1, -0.05) is 12.1 Å². The highest BCUT2D eigenvalue weighted by atomic mass is 16.5. The molecule has 2 aromatic carbocycles. The highest BCUT2D eigenvalue weighted by molar-refractivity contribution is 5.83. The summed E-state index contributed by atoms with van der Waals surface area (Å²) in [4.78, 5) is 11.6. The van der Waals surface area contributed by atoms with Gasteiger partial charge < -0.3 is 14.6 Å². The number of phenols is 1. The molecule has 0 bridgehead atoms. The molecule has 2 aromatic rings. The van der Waals surface area contributed by atoms with E-state index in [1.165, 1.54) is 19.4 Å². The van der Waals surface area contributed by atoms with Gasteiger partial charge in [0.25, 0.3) is 5.91 Å². The number of methoxy groups -OCH3 is 1. The SMILES string of the molecule is COc1ccc(C=NNC(=O)COc2cccc(C)c2)cc1O. The Bertz CT molecular complexity index is 713. The number of aryl methyl sites for hydroxylation is 1. The van der Waals surface area contributed by atoms with E-state index in [2.05, 4.69) is 10.5 Å². The van der Waals surface area contributed by atoms with E-state index in [0.29, 0.717) is 17.1 Å². The van der Waals surface area contributed by atoms with Crippen molar-refractivity contribution in [2.24, 2.45) is 5.10 Å². The summed E-state index contributed by atoms with van der Waals surface area (Å²) in [5, 5.41) is 13.5. The lowest BCUT2D eigenvalue weighted by atomic mass is 10.2. The summed E-state index contributed by atoms with van der Waals surface area (Å²) >= 11 is 0. The second-order valence-electron chi connectivity index (χ2n) is 4.83. The molecule has 0 unspecified atom stereocenters. The Labute approximate surface area is 134 Å². The van der Waals surface area contributed by atoms with Gasteiger partial charge in [0.05, 0.1) is 13.3 Å². The predicted octanol–water partition coefficient (Wildman–Crippen LogP) is 2.24. The predicted molar refractivity (Wildman–Crippen MR) is 87.1 cm³/mol. The molecule has 0 saturated heterocycles. The zero-order chi connectivity index (χ0) is 16.7. The van der Waals surface area contributed by atoms with Crippen molar-refractivity contribution in [3.63, 3.8) is 0 Å². The Balaban J connectivity index is 1.83. The molecule has 23 heavy (non-hydrogen) atoms. The number of amides is 1.